The summed E-state index contributed by atoms with van der Waals surface area (Å²) < 4.78 is 5.04. The summed E-state index contributed by atoms with van der Waals surface area (Å²) in [6, 6.07) is 5.42. The molecule has 1 atom stereocenters. The van der Waals surface area contributed by atoms with Crippen LogP contribution in [0.3, 0.4) is 0 Å². The van der Waals surface area contributed by atoms with Crippen LogP contribution in [0.25, 0.3) is 0 Å². The van der Waals surface area contributed by atoms with Gasteiger partial charge in [-0.2, -0.15) is 0 Å². The van der Waals surface area contributed by atoms with Crippen LogP contribution in [0.4, 0.5) is 0 Å². The fourth-order valence-corrected chi connectivity index (χ4v) is 1.39. The second-order valence-electron chi connectivity index (χ2n) is 3.28. The molecule has 0 aromatic heterocycles. The number of hydrogen-bond acceptors (Lipinski definition) is 2. The molecule has 14 heavy (non-hydrogen) atoms. The maximum absolute atomic E-state index is 10.8. The number of methoxy groups -OCH3 is 1. The fourth-order valence-electron chi connectivity index (χ4n) is 1.39. The van der Waals surface area contributed by atoms with E-state index in [1.54, 1.807) is 26.2 Å². The Kier molecular flexibility index (Phi) is 3.12. The van der Waals surface area contributed by atoms with E-state index in [9.17, 15) is 4.79 Å². The van der Waals surface area contributed by atoms with Gasteiger partial charge in [-0.25, -0.2) is 0 Å². The molecule has 1 N–H and O–H groups in total. The molecular weight excluding hydrogens is 180 g/mol. The highest BCUT2D eigenvalue weighted by molar-refractivity contribution is 5.76. The number of carboxylic acids is 1. The fraction of sp³-hybridized carbons (Fsp3) is 0.364. The van der Waals surface area contributed by atoms with Crippen molar-refractivity contribution in [2.75, 3.05) is 7.11 Å². The maximum Gasteiger partial charge on any atom is 0.310 e. The van der Waals surface area contributed by atoms with Crippen LogP contribution in [-0.4, -0.2) is 18.2 Å². The molecule has 0 aliphatic rings. The van der Waals surface area contributed by atoms with Crippen molar-refractivity contribution in [2.45, 2.75) is 19.8 Å². The van der Waals surface area contributed by atoms with Gasteiger partial charge in [0.05, 0.1) is 13.0 Å². The number of benzene rings is 1. The molecule has 0 amide bonds. The average Bonchev–Trinajstić information content (AvgIpc) is 2.16. The smallest absolute Gasteiger partial charge is 0.310 e. The lowest BCUT2D eigenvalue weighted by Crippen LogP contribution is -2.08. The highest BCUT2D eigenvalue weighted by Gasteiger charge is 2.15. The lowest BCUT2D eigenvalue weighted by Gasteiger charge is -2.11. The maximum atomic E-state index is 10.8. The third-order valence-electron chi connectivity index (χ3n) is 2.31. The van der Waals surface area contributed by atoms with Gasteiger partial charge in [-0.1, -0.05) is 6.07 Å². The van der Waals surface area contributed by atoms with Gasteiger partial charge in [0.25, 0.3) is 0 Å². The largest absolute Gasteiger partial charge is 0.497 e. The van der Waals surface area contributed by atoms with Crippen LogP contribution in [0.15, 0.2) is 18.2 Å². The topological polar surface area (TPSA) is 46.5 Å². The quantitative estimate of drug-likeness (QED) is 0.802. The summed E-state index contributed by atoms with van der Waals surface area (Å²) in [6.07, 6.45) is 0. The molecule has 1 rings (SSSR count). The monoisotopic (exact) mass is 194 g/mol. The summed E-state index contributed by atoms with van der Waals surface area (Å²) in [7, 11) is 1.59. The van der Waals surface area contributed by atoms with Gasteiger partial charge in [0.2, 0.25) is 0 Å². The zero-order valence-corrected chi connectivity index (χ0v) is 8.57. The van der Waals surface area contributed by atoms with Gasteiger partial charge >= 0.3 is 5.97 Å². The van der Waals surface area contributed by atoms with E-state index in [2.05, 4.69) is 0 Å². The first-order chi connectivity index (χ1) is 6.56. The Labute approximate surface area is 83.3 Å². The predicted octanol–water partition coefficient (Wildman–Crippen LogP) is 2.19. The SMILES string of the molecule is COc1ccc([C@H](C)C(=O)O)c(C)c1. The standard InChI is InChI=1S/C11H14O3/c1-7-6-9(14-3)4-5-10(7)8(2)11(12)13/h4-6,8H,1-3H3,(H,12,13)/t8-/m0/s1. The summed E-state index contributed by atoms with van der Waals surface area (Å²) >= 11 is 0. The highest BCUT2D eigenvalue weighted by Crippen LogP contribution is 2.23. The molecule has 0 aliphatic carbocycles. The second kappa shape index (κ2) is 4.13. The molecule has 1 aromatic carbocycles. The first-order valence-electron chi connectivity index (χ1n) is 4.43. The predicted molar refractivity (Wildman–Crippen MR) is 53.8 cm³/mol. The Bertz CT molecular complexity index is 344. The molecule has 0 heterocycles. The molecule has 0 fully saturated rings. The minimum absolute atomic E-state index is 0.471. The first-order valence-corrected chi connectivity index (χ1v) is 4.43. The van der Waals surface area contributed by atoms with Crippen molar-refractivity contribution in [1.82, 2.24) is 0 Å². The normalized spacial score (nSPS) is 12.2. The molecule has 0 radical (unpaired) electrons. The molecular formula is C11H14O3. The third-order valence-corrected chi connectivity index (χ3v) is 2.31. The number of rotatable bonds is 3. The van der Waals surface area contributed by atoms with E-state index in [0.717, 1.165) is 16.9 Å². The van der Waals surface area contributed by atoms with Crippen molar-refractivity contribution in [1.29, 1.82) is 0 Å². The highest BCUT2D eigenvalue weighted by atomic mass is 16.5. The van der Waals surface area contributed by atoms with Crippen LogP contribution in [-0.2, 0) is 4.79 Å². The average molecular weight is 194 g/mol. The van der Waals surface area contributed by atoms with Crippen molar-refractivity contribution in [3.05, 3.63) is 29.3 Å². The Morgan fingerprint density at radius 1 is 1.50 bits per heavy atom. The van der Waals surface area contributed by atoms with Crippen LogP contribution in [0, 0.1) is 6.92 Å². The van der Waals surface area contributed by atoms with E-state index in [4.69, 9.17) is 9.84 Å². The van der Waals surface area contributed by atoms with Gasteiger partial charge in [0, 0.05) is 0 Å². The Hall–Kier alpha value is -1.51. The third kappa shape index (κ3) is 2.05. The second-order valence-corrected chi connectivity index (χ2v) is 3.28. The molecule has 0 spiro atoms. The van der Waals surface area contributed by atoms with Crippen molar-refractivity contribution >= 4 is 5.97 Å². The van der Waals surface area contributed by atoms with Crippen molar-refractivity contribution in [3.8, 4) is 5.75 Å². The van der Waals surface area contributed by atoms with E-state index in [0.29, 0.717) is 0 Å². The number of aryl methyl sites for hydroxylation is 1. The summed E-state index contributed by atoms with van der Waals surface area (Å²) in [6.45, 7) is 3.56. The van der Waals surface area contributed by atoms with Crippen molar-refractivity contribution in [2.24, 2.45) is 0 Å². The van der Waals surface area contributed by atoms with E-state index < -0.39 is 11.9 Å². The number of ether oxygens (including phenoxy) is 1. The van der Waals surface area contributed by atoms with Crippen LogP contribution >= 0.6 is 0 Å². The van der Waals surface area contributed by atoms with Gasteiger partial charge in [-0.3, -0.25) is 4.79 Å². The number of aliphatic carboxylic acids is 1. The van der Waals surface area contributed by atoms with E-state index in [1.165, 1.54) is 0 Å². The summed E-state index contributed by atoms with van der Waals surface area (Å²) in [4.78, 5) is 10.8. The minimum atomic E-state index is -0.807. The van der Waals surface area contributed by atoms with Crippen LogP contribution in [0.1, 0.15) is 24.0 Å². The lowest BCUT2D eigenvalue weighted by molar-refractivity contribution is -0.138. The summed E-state index contributed by atoms with van der Waals surface area (Å²) in [5.41, 5.74) is 1.78. The molecule has 3 heteroatoms. The number of hydrogen-bond donors (Lipinski definition) is 1. The Balaban J connectivity index is 3.05. The molecule has 0 saturated heterocycles. The van der Waals surface area contributed by atoms with Gasteiger partial charge < -0.3 is 9.84 Å². The first kappa shape index (κ1) is 10.6. The molecule has 0 bridgehead atoms. The van der Waals surface area contributed by atoms with Gasteiger partial charge in [-0.15, -0.1) is 0 Å². The van der Waals surface area contributed by atoms with Gasteiger partial charge in [-0.05, 0) is 37.1 Å². The van der Waals surface area contributed by atoms with E-state index in [-0.39, 0.29) is 0 Å². The molecule has 0 unspecified atom stereocenters. The van der Waals surface area contributed by atoms with E-state index in [1.807, 2.05) is 13.0 Å². The van der Waals surface area contributed by atoms with Crippen molar-refractivity contribution in [3.63, 3.8) is 0 Å². The Morgan fingerprint density at radius 3 is 2.57 bits per heavy atom. The Morgan fingerprint density at radius 2 is 2.14 bits per heavy atom. The number of carbonyl (C=O) groups is 1. The lowest BCUT2D eigenvalue weighted by atomic mass is 9.96. The molecule has 0 saturated carbocycles. The molecule has 3 nitrogen and oxygen atoms in total. The zero-order valence-electron chi connectivity index (χ0n) is 8.57. The van der Waals surface area contributed by atoms with E-state index >= 15 is 0 Å². The van der Waals surface area contributed by atoms with Crippen LogP contribution < -0.4 is 4.74 Å². The zero-order chi connectivity index (χ0) is 10.7. The van der Waals surface area contributed by atoms with Gasteiger partial charge in [0.1, 0.15) is 5.75 Å². The minimum Gasteiger partial charge on any atom is -0.497 e. The molecule has 0 aliphatic heterocycles. The molecule has 1 aromatic rings. The molecule has 76 valence electrons. The van der Waals surface area contributed by atoms with Crippen LogP contribution in [0.2, 0.25) is 0 Å². The number of carboxylic acid groups (broad SMARTS) is 1. The summed E-state index contributed by atoms with van der Waals surface area (Å²) in [5.74, 6) is -0.525. The van der Waals surface area contributed by atoms with Crippen molar-refractivity contribution < 1.29 is 14.6 Å². The summed E-state index contributed by atoms with van der Waals surface area (Å²) in [5, 5.41) is 8.86. The van der Waals surface area contributed by atoms with Gasteiger partial charge in [0.15, 0.2) is 0 Å². The van der Waals surface area contributed by atoms with Crippen LogP contribution in [0.5, 0.6) is 5.75 Å².